The van der Waals surface area contributed by atoms with Crippen LogP contribution in [0.25, 0.3) is 0 Å². The van der Waals surface area contributed by atoms with E-state index in [4.69, 9.17) is 0 Å². The first-order valence-corrected chi connectivity index (χ1v) is 3.79. The van der Waals surface area contributed by atoms with E-state index < -0.39 is 0 Å². The minimum atomic E-state index is 0. The van der Waals surface area contributed by atoms with E-state index in [1.165, 1.54) is 0 Å². The number of hydrogen-bond donors (Lipinski definition) is 0. The van der Waals surface area contributed by atoms with Crippen LogP contribution in [0, 0.1) is 5.92 Å². The van der Waals surface area contributed by atoms with E-state index in [2.05, 4.69) is 36.8 Å². The summed E-state index contributed by atoms with van der Waals surface area (Å²) in [6.07, 6.45) is 0. The van der Waals surface area contributed by atoms with Crippen molar-refractivity contribution in [1.82, 2.24) is 0 Å². The lowest BCUT2D eigenvalue weighted by Crippen LogP contribution is -2.06. The summed E-state index contributed by atoms with van der Waals surface area (Å²) < 4.78 is 0. The molecule has 0 aromatic rings. The van der Waals surface area contributed by atoms with Crippen molar-refractivity contribution in [3.63, 3.8) is 0 Å². The molecule has 2 nitrogen and oxygen atoms in total. The van der Waals surface area contributed by atoms with E-state index in [1.54, 1.807) is 0 Å². The number of aliphatic imine (C=N–C) groups is 2. The van der Waals surface area contributed by atoms with Gasteiger partial charge in [0.15, 0.2) is 0 Å². The van der Waals surface area contributed by atoms with Crippen LogP contribution < -0.4 is 0 Å². The second kappa shape index (κ2) is 7.77. The van der Waals surface area contributed by atoms with Gasteiger partial charge in [0.25, 0.3) is 0 Å². The molecule has 0 fully saturated rings. The Kier molecular flexibility index (Phi) is 9.38. The van der Waals surface area contributed by atoms with Crippen LogP contribution in [0.5, 0.6) is 0 Å². The largest absolute Gasteiger partial charge is 0.226 e. The fraction of sp³-hybridized carbons (Fsp3) is 0.875. The summed E-state index contributed by atoms with van der Waals surface area (Å²) in [5, 5.41) is 0. The van der Waals surface area contributed by atoms with Crippen molar-refractivity contribution in [2.45, 2.75) is 33.7 Å². The van der Waals surface area contributed by atoms with Crippen molar-refractivity contribution in [2.75, 3.05) is 6.54 Å². The molecule has 0 aliphatic rings. The third-order valence-electron chi connectivity index (χ3n) is 1.46. The fourth-order valence-electron chi connectivity index (χ4n) is 0.352. The lowest BCUT2D eigenvalue weighted by molar-refractivity contribution is 0.533. The zero-order valence-electron chi connectivity index (χ0n) is 7.66. The number of rotatable bonds is 3. The number of halogens is 1. The van der Waals surface area contributed by atoms with Gasteiger partial charge in [-0.2, -0.15) is 0 Å². The van der Waals surface area contributed by atoms with Crippen molar-refractivity contribution < 1.29 is 0 Å². The van der Waals surface area contributed by atoms with Gasteiger partial charge in [-0.3, -0.25) is 0 Å². The maximum Gasteiger partial charge on any atom is 0.0895 e. The van der Waals surface area contributed by atoms with Crippen LogP contribution in [-0.4, -0.2) is 18.6 Å². The van der Waals surface area contributed by atoms with Gasteiger partial charge in [-0.05, 0) is 19.8 Å². The summed E-state index contributed by atoms with van der Waals surface area (Å²) in [6, 6.07) is 3.01. The van der Waals surface area contributed by atoms with Gasteiger partial charge in [0.2, 0.25) is 0 Å². The van der Waals surface area contributed by atoms with Crippen LogP contribution in [0.3, 0.4) is 0 Å². The van der Waals surface area contributed by atoms with Crippen molar-refractivity contribution in [3.05, 3.63) is 0 Å². The highest BCUT2D eigenvalue weighted by Crippen LogP contribution is 2.02. The molecular weight excluding hydrogens is 160 g/mol. The average Bonchev–Trinajstić information content (AvgIpc) is 1.88. The molecule has 11 heavy (non-hydrogen) atoms. The minimum Gasteiger partial charge on any atom is -0.226 e. The average molecular weight is 177 g/mol. The molecule has 0 aromatic carbocycles. The number of hydrogen-bond acceptors (Lipinski definition) is 2. The van der Waals surface area contributed by atoms with Gasteiger partial charge < -0.3 is 0 Å². The Morgan fingerprint density at radius 1 is 1.27 bits per heavy atom. The van der Waals surface area contributed by atoms with E-state index in [0.717, 1.165) is 6.54 Å². The smallest absolute Gasteiger partial charge is 0.0895 e. The van der Waals surface area contributed by atoms with Crippen LogP contribution in [0.2, 0.25) is 0 Å². The predicted molar refractivity (Wildman–Crippen MR) is 52.0 cm³/mol. The van der Waals surface area contributed by atoms with Crippen LogP contribution in [0.15, 0.2) is 9.98 Å². The summed E-state index contributed by atoms with van der Waals surface area (Å²) in [5.74, 6) is 0.583. The molecule has 0 saturated heterocycles. The molecule has 0 aliphatic heterocycles. The van der Waals surface area contributed by atoms with E-state index in [0.29, 0.717) is 12.0 Å². The van der Waals surface area contributed by atoms with Crippen LogP contribution in [0.1, 0.15) is 27.7 Å². The molecule has 0 radical (unpaired) electrons. The Bertz CT molecular complexity index is 137. The molecule has 0 N–H and O–H groups in total. The van der Waals surface area contributed by atoms with Crippen LogP contribution >= 0.6 is 12.4 Å². The zero-order valence-corrected chi connectivity index (χ0v) is 8.48. The predicted octanol–water partition coefficient (Wildman–Crippen LogP) is 2.65. The van der Waals surface area contributed by atoms with Crippen LogP contribution in [-0.2, 0) is 0 Å². The highest BCUT2D eigenvalue weighted by molar-refractivity contribution is 5.85. The van der Waals surface area contributed by atoms with Gasteiger partial charge in [0.05, 0.1) is 12.1 Å². The molecule has 66 valence electrons. The summed E-state index contributed by atoms with van der Waals surface area (Å²) >= 11 is 0. The molecule has 3 heteroatoms. The molecule has 1 atom stereocenters. The summed E-state index contributed by atoms with van der Waals surface area (Å²) in [4.78, 5) is 7.97. The van der Waals surface area contributed by atoms with Crippen molar-refractivity contribution >= 4 is 18.4 Å². The first kappa shape index (κ1) is 13.3. The SMILES string of the molecule is CCN=C=NC(C)C(C)C.Cl. The molecule has 0 rings (SSSR count). The van der Waals surface area contributed by atoms with Crippen molar-refractivity contribution in [1.29, 1.82) is 0 Å². The molecule has 0 amide bonds. The monoisotopic (exact) mass is 176 g/mol. The standard InChI is InChI=1S/C8H16N2.ClH/c1-5-9-6-10-8(4)7(2)3;/h7-8H,5H2,1-4H3;1H. The van der Waals surface area contributed by atoms with Gasteiger partial charge >= 0.3 is 0 Å². The zero-order chi connectivity index (χ0) is 7.98. The molecule has 0 aromatic heterocycles. The Morgan fingerprint density at radius 3 is 2.18 bits per heavy atom. The molecule has 0 aliphatic carbocycles. The Balaban J connectivity index is 0. The maximum atomic E-state index is 4.10. The normalized spacial score (nSPS) is 11.4. The lowest BCUT2D eigenvalue weighted by Gasteiger charge is -2.05. The van der Waals surface area contributed by atoms with Crippen LogP contribution in [0.4, 0.5) is 0 Å². The highest BCUT2D eigenvalue weighted by Gasteiger charge is 2.01. The van der Waals surface area contributed by atoms with E-state index in [1.807, 2.05) is 6.92 Å². The second-order valence-electron chi connectivity index (χ2n) is 2.69. The summed E-state index contributed by atoms with van der Waals surface area (Å²) in [7, 11) is 0. The number of nitrogens with zero attached hydrogens (tertiary/aromatic N) is 2. The third-order valence-corrected chi connectivity index (χ3v) is 1.46. The van der Waals surface area contributed by atoms with Gasteiger partial charge in [-0.15, -0.1) is 12.4 Å². The minimum absolute atomic E-state index is 0. The Hall–Kier alpha value is -0.330. The Labute approximate surface area is 75.2 Å². The second-order valence-corrected chi connectivity index (χ2v) is 2.69. The van der Waals surface area contributed by atoms with Gasteiger partial charge in [-0.25, -0.2) is 9.98 Å². The topological polar surface area (TPSA) is 24.7 Å². The quantitative estimate of drug-likeness (QED) is 0.591. The first-order chi connectivity index (χ1) is 4.68. The first-order valence-electron chi connectivity index (χ1n) is 3.79. The highest BCUT2D eigenvalue weighted by atomic mass is 35.5. The lowest BCUT2D eigenvalue weighted by atomic mass is 10.1. The maximum absolute atomic E-state index is 4.10. The molecule has 0 bridgehead atoms. The van der Waals surface area contributed by atoms with Crippen molar-refractivity contribution in [3.8, 4) is 0 Å². The fourth-order valence-corrected chi connectivity index (χ4v) is 0.352. The molecule has 0 spiro atoms. The van der Waals surface area contributed by atoms with E-state index in [-0.39, 0.29) is 12.4 Å². The Morgan fingerprint density at radius 2 is 1.82 bits per heavy atom. The molecular formula is C8H17ClN2. The van der Waals surface area contributed by atoms with Gasteiger partial charge in [-0.1, -0.05) is 13.8 Å². The molecule has 0 heterocycles. The van der Waals surface area contributed by atoms with E-state index in [9.17, 15) is 0 Å². The van der Waals surface area contributed by atoms with Gasteiger partial charge in [0, 0.05) is 6.54 Å². The molecule has 0 saturated carbocycles. The summed E-state index contributed by atoms with van der Waals surface area (Å²) in [6.45, 7) is 9.10. The summed E-state index contributed by atoms with van der Waals surface area (Å²) in [5.41, 5.74) is 0. The van der Waals surface area contributed by atoms with Crippen molar-refractivity contribution in [2.24, 2.45) is 15.9 Å². The van der Waals surface area contributed by atoms with E-state index >= 15 is 0 Å². The molecule has 1 unspecified atom stereocenters. The van der Waals surface area contributed by atoms with Gasteiger partial charge in [0.1, 0.15) is 0 Å². The third kappa shape index (κ3) is 7.57.